The van der Waals surface area contributed by atoms with Crippen molar-refractivity contribution in [3.63, 3.8) is 0 Å². The van der Waals surface area contributed by atoms with Crippen molar-refractivity contribution in [2.45, 2.75) is 6.43 Å². The lowest BCUT2D eigenvalue weighted by Gasteiger charge is -2.03. The van der Waals surface area contributed by atoms with Crippen LogP contribution in [0, 0.1) is 10.1 Å². The molecule has 0 N–H and O–H groups in total. The van der Waals surface area contributed by atoms with Crippen LogP contribution in [0.4, 0.5) is 14.5 Å². The van der Waals surface area contributed by atoms with Gasteiger partial charge in [-0.1, -0.05) is 12.1 Å². The van der Waals surface area contributed by atoms with Gasteiger partial charge in [0.05, 0.1) is 4.92 Å². The van der Waals surface area contributed by atoms with Gasteiger partial charge in [-0.05, 0) is 6.07 Å². The molecular formula is C8H5F2NO4. The number of para-hydroxylation sites is 2. The van der Waals surface area contributed by atoms with E-state index in [0.717, 1.165) is 12.1 Å². The number of nitro groups is 1. The quantitative estimate of drug-likeness (QED) is 0.335. The molecule has 1 rings (SSSR count). The number of hydrogen-bond donors (Lipinski definition) is 0. The minimum Gasteiger partial charge on any atom is -0.415 e. The fourth-order valence-electron chi connectivity index (χ4n) is 0.847. The van der Waals surface area contributed by atoms with E-state index < -0.39 is 28.8 Å². The van der Waals surface area contributed by atoms with Gasteiger partial charge in [0, 0.05) is 6.07 Å². The predicted molar refractivity (Wildman–Crippen MR) is 44.7 cm³/mol. The molecule has 0 fully saturated rings. The first-order valence-corrected chi connectivity index (χ1v) is 3.75. The van der Waals surface area contributed by atoms with Crippen LogP contribution in [0.5, 0.6) is 5.75 Å². The summed E-state index contributed by atoms with van der Waals surface area (Å²) < 4.78 is 27.7. The van der Waals surface area contributed by atoms with Gasteiger partial charge in [0.2, 0.25) is 5.75 Å². The number of carbonyl (C=O) groups excluding carboxylic acids is 1. The maximum atomic E-state index is 11.8. The zero-order valence-corrected chi connectivity index (χ0v) is 7.22. The summed E-state index contributed by atoms with van der Waals surface area (Å²) in [4.78, 5) is 20.1. The highest BCUT2D eigenvalue weighted by atomic mass is 19.3. The van der Waals surface area contributed by atoms with Crippen LogP contribution in [0.15, 0.2) is 24.3 Å². The molecule has 1 aromatic rings. The number of rotatable bonds is 3. The van der Waals surface area contributed by atoms with E-state index in [1.54, 1.807) is 0 Å². The monoisotopic (exact) mass is 217 g/mol. The lowest BCUT2D eigenvalue weighted by atomic mass is 10.3. The molecule has 0 aliphatic carbocycles. The zero-order chi connectivity index (χ0) is 11.4. The van der Waals surface area contributed by atoms with E-state index in [4.69, 9.17) is 0 Å². The van der Waals surface area contributed by atoms with Crippen LogP contribution in [0.25, 0.3) is 0 Å². The molecule has 0 atom stereocenters. The molecule has 0 amide bonds. The third-order valence-corrected chi connectivity index (χ3v) is 1.45. The molecule has 0 aliphatic rings. The molecule has 0 spiro atoms. The Labute approximate surface area is 82.4 Å². The molecule has 7 heteroatoms. The molecule has 80 valence electrons. The largest absolute Gasteiger partial charge is 0.415 e. The second kappa shape index (κ2) is 4.45. The predicted octanol–water partition coefficient (Wildman–Crippen LogP) is 1.77. The van der Waals surface area contributed by atoms with E-state index in [2.05, 4.69) is 4.74 Å². The maximum absolute atomic E-state index is 11.8. The highest BCUT2D eigenvalue weighted by molar-refractivity contribution is 5.76. The van der Waals surface area contributed by atoms with Gasteiger partial charge in [-0.2, -0.15) is 8.78 Å². The molecule has 0 radical (unpaired) electrons. The van der Waals surface area contributed by atoms with Gasteiger partial charge in [0.1, 0.15) is 0 Å². The van der Waals surface area contributed by atoms with Crippen LogP contribution in [0.1, 0.15) is 0 Å². The Balaban J connectivity index is 2.94. The minimum absolute atomic E-state index is 0.493. The highest BCUT2D eigenvalue weighted by Crippen LogP contribution is 2.26. The first-order chi connectivity index (χ1) is 7.02. The fourth-order valence-corrected chi connectivity index (χ4v) is 0.847. The number of halogens is 2. The number of nitrogens with zero attached hydrogens (tertiary/aromatic N) is 1. The van der Waals surface area contributed by atoms with Gasteiger partial charge >= 0.3 is 18.1 Å². The third-order valence-electron chi connectivity index (χ3n) is 1.45. The Morgan fingerprint density at radius 3 is 2.53 bits per heavy atom. The smallest absolute Gasteiger partial charge is 0.379 e. The maximum Gasteiger partial charge on any atom is 0.379 e. The molecule has 0 bridgehead atoms. The number of benzene rings is 1. The van der Waals surface area contributed by atoms with Crippen molar-refractivity contribution in [2.24, 2.45) is 0 Å². The number of hydrogen-bond acceptors (Lipinski definition) is 4. The highest BCUT2D eigenvalue weighted by Gasteiger charge is 2.22. The molecule has 0 unspecified atom stereocenters. The average molecular weight is 217 g/mol. The minimum atomic E-state index is -3.31. The third kappa shape index (κ3) is 2.70. The lowest BCUT2D eigenvalue weighted by Crippen LogP contribution is -2.17. The van der Waals surface area contributed by atoms with Crippen molar-refractivity contribution in [2.75, 3.05) is 0 Å². The van der Waals surface area contributed by atoms with Gasteiger partial charge in [-0.25, -0.2) is 4.79 Å². The number of ether oxygens (including phenoxy) is 1. The summed E-state index contributed by atoms with van der Waals surface area (Å²) in [6, 6.07) is 4.78. The summed E-state index contributed by atoms with van der Waals surface area (Å²) in [6.45, 7) is 0. The van der Waals surface area contributed by atoms with Gasteiger partial charge in [-0.15, -0.1) is 0 Å². The van der Waals surface area contributed by atoms with Crippen molar-refractivity contribution in [3.8, 4) is 5.75 Å². The standard InChI is InChI=1S/C8H5F2NO4/c9-7(10)8(12)15-6-4-2-1-3-5(6)11(13)14/h1-4,7H. The Morgan fingerprint density at radius 2 is 2.00 bits per heavy atom. The Morgan fingerprint density at radius 1 is 1.40 bits per heavy atom. The zero-order valence-electron chi connectivity index (χ0n) is 7.22. The van der Waals surface area contributed by atoms with Crippen molar-refractivity contribution in [1.29, 1.82) is 0 Å². The van der Waals surface area contributed by atoms with Crippen molar-refractivity contribution >= 4 is 11.7 Å². The second-order valence-corrected chi connectivity index (χ2v) is 2.45. The molecule has 1 aromatic carbocycles. The molecule has 0 saturated heterocycles. The van der Waals surface area contributed by atoms with Gasteiger partial charge in [0.15, 0.2) is 0 Å². The van der Waals surface area contributed by atoms with E-state index >= 15 is 0 Å². The van der Waals surface area contributed by atoms with E-state index in [0.29, 0.717) is 0 Å². The van der Waals surface area contributed by atoms with Gasteiger partial charge in [0.25, 0.3) is 0 Å². The van der Waals surface area contributed by atoms with E-state index in [1.165, 1.54) is 12.1 Å². The van der Waals surface area contributed by atoms with Crippen LogP contribution in [-0.4, -0.2) is 17.3 Å². The molecule has 0 aromatic heterocycles. The van der Waals surface area contributed by atoms with E-state index in [1.807, 2.05) is 0 Å². The number of esters is 1. The summed E-state index contributed by atoms with van der Waals surface area (Å²) in [5, 5.41) is 10.4. The fraction of sp³-hybridized carbons (Fsp3) is 0.125. The molecule has 0 saturated carbocycles. The van der Waals surface area contributed by atoms with Crippen LogP contribution in [0.2, 0.25) is 0 Å². The Kier molecular flexibility index (Phi) is 3.27. The first-order valence-electron chi connectivity index (χ1n) is 3.75. The number of alkyl halides is 2. The SMILES string of the molecule is O=C(Oc1ccccc1[N+](=O)[O-])C(F)F. The summed E-state index contributed by atoms with van der Waals surface area (Å²) in [5.74, 6) is -2.31. The van der Waals surface area contributed by atoms with Gasteiger partial charge < -0.3 is 4.74 Å². The molecule has 15 heavy (non-hydrogen) atoms. The summed E-state index contributed by atoms with van der Waals surface area (Å²) in [5.41, 5.74) is -0.536. The van der Waals surface area contributed by atoms with Gasteiger partial charge in [-0.3, -0.25) is 10.1 Å². The Bertz CT molecular complexity index is 394. The summed E-state index contributed by atoms with van der Waals surface area (Å²) in [6.07, 6.45) is -3.31. The van der Waals surface area contributed by atoms with Crippen LogP contribution < -0.4 is 4.74 Å². The topological polar surface area (TPSA) is 69.4 Å². The summed E-state index contributed by atoms with van der Waals surface area (Å²) >= 11 is 0. The molecule has 0 aliphatic heterocycles. The normalized spacial score (nSPS) is 10.1. The molecular weight excluding hydrogens is 212 g/mol. The van der Waals surface area contributed by atoms with E-state index in [9.17, 15) is 23.7 Å². The van der Waals surface area contributed by atoms with Crippen LogP contribution in [0.3, 0.4) is 0 Å². The summed E-state index contributed by atoms with van der Waals surface area (Å²) in [7, 11) is 0. The molecule has 5 nitrogen and oxygen atoms in total. The van der Waals surface area contributed by atoms with E-state index in [-0.39, 0.29) is 0 Å². The van der Waals surface area contributed by atoms with Crippen molar-refractivity contribution in [1.82, 2.24) is 0 Å². The number of carbonyl (C=O) groups is 1. The second-order valence-electron chi connectivity index (χ2n) is 2.45. The first kappa shape index (κ1) is 11.0. The Hall–Kier alpha value is -2.05. The van der Waals surface area contributed by atoms with Crippen LogP contribution in [-0.2, 0) is 4.79 Å². The van der Waals surface area contributed by atoms with Crippen molar-refractivity contribution < 1.29 is 23.2 Å². The molecule has 0 heterocycles. The number of nitro benzene ring substituents is 1. The average Bonchev–Trinajstić information content (AvgIpc) is 2.18. The van der Waals surface area contributed by atoms with Crippen LogP contribution >= 0.6 is 0 Å². The lowest BCUT2D eigenvalue weighted by molar-refractivity contribution is -0.385. The van der Waals surface area contributed by atoms with Crippen molar-refractivity contribution in [3.05, 3.63) is 34.4 Å².